The van der Waals surface area contributed by atoms with E-state index in [4.69, 9.17) is 14.2 Å². The van der Waals surface area contributed by atoms with Gasteiger partial charge in [-0.25, -0.2) is 4.79 Å². The summed E-state index contributed by atoms with van der Waals surface area (Å²) in [5, 5.41) is 26.2. The molecule has 10 nitrogen and oxygen atoms in total. The zero-order valence-electron chi connectivity index (χ0n) is 23.5. The van der Waals surface area contributed by atoms with Gasteiger partial charge in [-0.05, 0) is 47.0 Å². The molecule has 1 aromatic heterocycles. The fraction of sp³-hybridized carbons (Fsp3) is 0.281. The summed E-state index contributed by atoms with van der Waals surface area (Å²) in [6, 6.07) is 25.8. The Morgan fingerprint density at radius 3 is 2.00 bits per heavy atom. The molecule has 4 atom stereocenters. The van der Waals surface area contributed by atoms with Crippen molar-refractivity contribution >= 4 is 11.7 Å². The van der Waals surface area contributed by atoms with Crippen LogP contribution >= 0.6 is 0 Å². The van der Waals surface area contributed by atoms with Crippen molar-refractivity contribution in [1.29, 1.82) is 0 Å². The van der Waals surface area contributed by atoms with Crippen molar-refractivity contribution in [3.63, 3.8) is 0 Å². The first kappa shape index (κ1) is 29.0. The maximum Gasteiger partial charge on any atom is 0.351 e. The zero-order chi connectivity index (χ0) is 29.9. The van der Waals surface area contributed by atoms with Gasteiger partial charge in [-0.2, -0.15) is 4.98 Å². The number of benzene rings is 3. The predicted molar refractivity (Wildman–Crippen MR) is 156 cm³/mol. The van der Waals surface area contributed by atoms with Crippen LogP contribution in [-0.2, 0) is 14.9 Å². The van der Waals surface area contributed by atoms with Crippen LogP contribution in [0.1, 0.15) is 36.3 Å². The van der Waals surface area contributed by atoms with Crippen molar-refractivity contribution in [3.8, 4) is 11.5 Å². The van der Waals surface area contributed by atoms with Crippen LogP contribution in [0.3, 0.4) is 0 Å². The molecule has 5 rings (SSSR count). The lowest BCUT2D eigenvalue weighted by molar-refractivity contribution is -0.114. The fourth-order valence-corrected chi connectivity index (χ4v) is 5.68. The molecular weight excluding hydrogens is 538 g/mol. The van der Waals surface area contributed by atoms with E-state index in [1.807, 2.05) is 78.9 Å². The first-order chi connectivity index (χ1) is 20.3. The molecule has 1 fully saturated rings. The third-order valence-electron chi connectivity index (χ3n) is 7.66. The van der Waals surface area contributed by atoms with E-state index < -0.39 is 35.6 Å². The third-order valence-corrected chi connectivity index (χ3v) is 7.66. The normalized spacial score (nSPS) is 19.2. The van der Waals surface area contributed by atoms with E-state index in [9.17, 15) is 19.8 Å². The monoisotopic (exact) mass is 571 g/mol. The van der Waals surface area contributed by atoms with E-state index in [-0.39, 0.29) is 18.1 Å². The smallest absolute Gasteiger partial charge is 0.351 e. The molecule has 2 heterocycles. The summed E-state index contributed by atoms with van der Waals surface area (Å²) in [4.78, 5) is 28.1. The average Bonchev–Trinajstić information content (AvgIpc) is 3.39. The molecule has 1 aliphatic heterocycles. The standard InChI is InChI=1S/C32H33N3O7/c1-20(36)33-27-17-18-35(31(39)34-27)28-19-26(37)29(42-28)30(38)32(21-7-5-4-6-8-21,22-9-13-24(40-2)14-10-22)23-11-15-25(41-3)16-12-23/h4-18,26,28-30,37-38H,19H2,1-3H3,(H,33,34,36,39)/t26-,28+,29-,30?/m0/s1. The molecule has 0 bridgehead atoms. The molecule has 0 saturated carbocycles. The number of methoxy groups -OCH3 is 2. The summed E-state index contributed by atoms with van der Waals surface area (Å²) in [6.45, 7) is 1.32. The van der Waals surface area contributed by atoms with Gasteiger partial charge in [-0.3, -0.25) is 9.36 Å². The highest BCUT2D eigenvalue weighted by atomic mass is 16.5. The molecule has 1 saturated heterocycles. The molecule has 10 heteroatoms. The van der Waals surface area contributed by atoms with Gasteiger partial charge in [0.2, 0.25) is 5.91 Å². The second-order valence-electron chi connectivity index (χ2n) is 10.1. The fourth-order valence-electron chi connectivity index (χ4n) is 5.68. The number of carbonyl (C=O) groups excluding carboxylic acids is 1. The average molecular weight is 572 g/mol. The second-order valence-corrected chi connectivity index (χ2v) is 10.1. The Balaban J connectivity index is 1.62. The Morgan fingerprint density at radius 2 is 1.50 bits per heavy atom. The van der Waals surface area contributed by atoms with Crippen LogP contribution in [0.2, 0.25) is 0 Å². The van der Waals surface area contributed by atoms with Gasteiger partial charge in [0, 0.05) is 19.5 Å². The Kier molecular flexibility index (Phi) is 8.39. The lowest BCUT2D eigenvalue weighted by Crippen LogP contribution is -2.51. The molecule has 0 aliphatic carbocycles. The maximum atomic E-state index is 12.8. The van der Waals surface area contributed by atoms with Gasteiger partial charge in [-0.15, -0.1) is 0 Å². The van der Waals surface area contributed by atoms with Crippen LogP contribution < -0.4 is 20.5 Å². The molecule has 0 radical (unpaired) electrons. The number of nitrogens with one attached hydrogen (secondary N) is 1. The number of aliphatic hydroxyl groups excluding tert-OH is 2. The lowest BCUT2D eigenvalue weighted by atomic mass is 9.64. The highest BCUT2D eigenvalue weighted by molar-refractivity contribution is 5.87. The number of aliphatic hydroxyl groups is 2. The summed E-state index contributed by atoms with van der Waals surface area (Å²) in [5.74, 6) is 1.05. The number of rotatable bonds is 9. The van der Waals surface area contributed by atoms with E-state index in [0.29, 0.717) is 11.5 Å². The summed E-state index contributed by atoms with van der Waals surface area (Å²) >= 11 is 0. The second kappa shape index (κ2) is 12.2. The van der Waals surface area contributed by atoms with E-state index in [2.05, 4.69) is 10.3 Å². The van der Waals surface area contributed by atoms with Crippen LogP contribution in [0.15, 0.2) is 95.9 Å². The number of hydrogen-bond acceptors (Lipinski definition) is 8. The lowest BCUT2D eigenvalue weighted by Gasteiger charge is -2.43. The number of ether oxygens (including phenoxy) is 3. The van der Waals surface area contributed by atoms with Crippen molar-refractivity contribution in [2.45, 2.75) is 43.3 Å². The number of carbonyl (C=O) groups is 1. The van der Waals surface area contributed by atoms with Crippen LogP contribution in [-0.4, -0.2) is 58.2 Å². The number of nitrogens with zero attached hydrogens (tertiary/aromatic N) is 2. The summed E-state index contributed by atoms with van der Waals surface area (Å²) < 4.78 is 18.3. The molecule has 1 amide bonds. The van der Waals surface area contributed by atoms with Crippen molar-refractivity contribution in [1.82, 2.24) is 9.55 Å². The van der Waals surface area contributed by atoms with E-state index >= 15 is 0 Å². The first-order valence-electron chi connectivity index (χ1n) is 13.5. The van der Waals surface area contributed by atoms with E-state index in [1.54, 1.807) is 14.2 Å². The predicted octanol–water partition coefficient (Wildman–Crippen LogP) is 3.26. The third kappa shape index (κ3) is 5.39. The quantitative estimate of drug-likeness (QED) is 0.261. The molecule has 1 aliphatic rings. The summed E-state index contributed by atoms with van der Waals surface area (Å²) in [7, 11) is 3.17. The minimum Gasteiger partial charge on any atom is -0.497 e. The highest BCUT2D eigenvalue weighted by Crippen LogP contribution is 2.47. The van der Waals surface area contributed by atoms with Crippen LogP contribution in [0.25, 0.3) is 0 Å². The van der Waals surface area contributed by atoms with E-state index in [1.165, 1.54) is 23.8 Å². The molecule has 3 N–H and O–H groups in total. The molecule has 42 heavy (non-hydrogen) atoms. The summed E-state index contributed by atoms with van der Waals surface area (Å²) in [6.07, 6.45) is -2.94. The van der Waals surface area contributed by atoms with Crippen molar-refractivity contribution in [2.24, 2.45) is 0 Å². The van der Waals surface area contributed by atoms with Crippen LogP contribution in [0.4, 0.5) is 5.82 Å². The summed E-state index contributed by atoms with van der Waals surface area (Å²) in [5.41, 5.74) is 0.382. The molecule has 4 aromatic rings. The number of amides is 1. The Hall–Kier alpha value is -4.51. The Morgan fingerprint density at radius 1 is 0.952 bits per heavy atom. The molecule has 3 aromatic carbocycles. The molecule has 218 valence electrons. The largest absolute Gasteiger partial charge is 0.497 e. The molecular formula is C32H33N3O7. The topological polar surface area (TPSA) is 132 Å². The van der Waals surface area contributed by atoms with Gasteiger partial charge in [0.25, 0.3) is 0 Å². The van der Waals surface area contributed by atoms with Crippen LogP contribution in [0, 0.1) is 0 Å². The number of hydrogen-bond donors (Lipinski definition) is 3. The van der Waals surface area contributed by atoms with Gasteiger partial charge in [0.1, 0.15) is 35.8 Å². The zero-order valence-corrected chi connectivity index (χ0v) is 23.5. The van der Waals surface area contributed by atoms with Gasteiger partial charge in [0.15, 0.2) is 0 Å². The van der Waals surface area contributed by atoms with Crippen molar-refractivity contribution < 1.29 is 29.2 Å². The van der Waals surface area contributed by atoms with Gasteiger partial charge >= 0.3 is 5.69 Å². The maximum absolute atomic E-state index is 12.8. The SMILES string of the molecule is COc1ccc(C(c2ccccc2)(c2ccc(OC)cc2)C(O)[C@H]2O[C@@H](n3ccc(NC(C)=O)nc3=O)C[C@@H]2O)cc1. The molecule has 1 unspecified atom stereocenters. The number of anilines is 1. The van der Waals surface area contributed by atoms with E-state index in [0.717, 1.165) is 16.7 Å². The Bertz CT molecular complexity index is 1530. The van der Waals surface area contributed by atoms with Gasteiger partial charge in [0.05, 0.1) is 25.7 Å². The van der Waals surface area contributed by atoms with Crippen molar-refractivity contribution in [2.75, 3.05) is 19.5 Å². The highest BCUT2D eigenvalue weighted by Gasteiger charge is 2.52. The van der Waals surface area contributed by atoms with Gasteiger partial charge < -0.3 is 29.7 Å². The minimum absolute atomic E-state index is 0.0406. The molecule has 0 spiro atoms. The number of aromatic nitrogens is 2. The first-order valence-corrected chi connectivity index (χ1v) is 13.5. The van der Waals surface area contributed by atoms with Crippen LogP contribution in [0.5, 0.6) is 11.5 Å². The van der Waals surface area contributed by atoms with Crippen molar-refractivity contribution in [3.05, 3.63) is 118 Å². The Labute approximate surface area is 243 Å². The van der Waals surface area contributed by atoms with Gasteiger partial charge in [-0.1, -0.05) is 54.6 Å². The minimum atomic E-state index is -1.32.